The number of carbonyl (C=O) groups is 1. The molecule has 0 radical (unpaired) electrons. The highest BCUT2D eigenvalue weighted by Gasteiger charge is 2.35. The molecule has 2 heterocycles. The molecule has 5 nitrogen and oxygen atoms in total. The Bertz CT molecular complexity index is 1190. The number of halogens is 1. The highest BCUT2D eigenvalue weighted by molar-refractivity contribution is 5.83. The first-order valence-electron chi connectivity index (χ1n) is 12.4. The second-order valence-corrected chi connectivity index (χ2v) is 10.5. The van der Waals surface area contributed by atoms with Gasteiger partial charge in [-0.15, -0.1) is 0 Å². The Balaban J connectivity index is 1.65. The lowest BCUT2D eigenvalue weighted by atomic mass is 9.87. The van der Waals surface area contributed by atoms with E-state index >= 15 is 0 Å². The largest absolute Gasteiger partial charge is 0.376 e. The summed E-state index contributed by atoms with van der Waals surface area (Å²) in [7, 11) is 3.97. The number of amides is 1. The van der Waals surface area contributed by atoms with E-state index < -0.39 is 0 Å². The van der Waals surface area contributed by atoms with Crippen molar-refractivity contribution in [1.82, 2.24) is 9.88 Å². The van der Waals surface area contributed by atoms with Crippen molar-refractivity contribution in [2.24, 2.45) is 5.92 Å². The molecule has 0 bridgehead atoms. The van der Waals surface area contributed by atoms with Crippen molar-refractivity contribution in [3.05, 3.63) is 71.0 Å². The van der Waals surface area contributed by atoms with Gasteiger partial charge in [0, 0.05) is 50.7 Å². The Labute approximate surface area is 207 Å². The van der Waals surface area contributed by atoms with E-state index in [9.17, 15) is 9.18 Å². The third kappa shape index (κ3) is 6.17. The number of fused-ring (bicyclic) bond motifs is 1. The molecule has 4 rings (SSSR count). The molecule has 186 valence electrons. The van der Waals surface area contributed by atoms with Crippen LogP contribution in [0, 0.1) is 18.7 Å². The molecular weight excluding hydrogens is 441 g/mol. The Morgan fingerprint density at radius 2 is 1.89 bits per heavy atom. The van der Waals surface area contributed by atoms with Gasteiger partial charge in [-0.3, -0.25) is 4.79 Å². The fraction of sp³-hybridized carbons (Fsp3) is 0.448. The van der Waals surface area contributed by atoms with Gasteiger partial charge in [0.15, 0.2) is 0 Å². The molecule has 1 aliphatic rings. The molecule has 1 fully saturated rings. The van der Waals surface area contributed by atoms with Crippen molar-refractivity contribution in [3.63, 3.8) is 0 Å². The lowest BCUT2D eigenvalue weighted by Gasteiger charge is -2.37. The maximum atomic E-state index is 13.8. The van der Waals surface area contributed by atoms with Gasteiger partial charge >= 0.3 is 0 Å². The fourth-order valence-corrected chi connectivity index (χ4v) is 4.90. The van der Waals surface area contributed by atoms with E-state index in [1.807, 2.05) is 23.9 Å². The van der Waals surface area contributed by atoms with Gasteiger partial charge in [-0.05, 0) is 75.4 Å². The van der Waals surface area contributed by atoms with E-state index in [1.165, 1.54) is 17.7 Å². The molecule has 35 heavy (non-hydrogen) atoms. The SMILES string of the molecule is Cc1ccc2cc(CN(CCc3ccc(F)cc3)C(=O)[C@H]3CCOC(C)(C)C3)c(N(C)C)nc2c1. The molecule has 1 aromatic heterocycles. The quantitative estimate of drug-likeness (QED) is 0.449. The molecule has 1 atom stereocenters. The van der Waals surface area contributed by atoms with Crippen LogP contribution in [-0.2, 0) is 22.5 Å². The van der Waals surface area contributed by atoms with Crippen molar-refractivity contribution in [1.29, 1.82) is 0 Å². The summed E-state index contributed by atoms with van der Waals surface area (Å²) >= 11 is 0. The minimum Gasteiger partial charge on any atom is -0.376 e. The minimum atomic E-state index is -0.307. The van der Waals surface area contributed by atoms with E-state index in [1.54, 1.807) is 12.1 Å². The summed E-state index contributed by atoms with van der Waals surface area (Å²) in [6.45, 7) is 7.79. The number of nitrogens with zero attached hydrogens (tertiary/aromatic N) is 3. The first-order valence-corrected chi connectivity index (χ1v) is 12.4. The zero-order valence-corrected chi connectivity index (χ0v) is 21.5. The molecule has 0 unspecified atom stereocenters. The summed E-state index contributed by atoms with van der Waals surface area (Å²) in [6.07, 6.45) is 2.09. The Morgan fingerprint density at radius 3 is 2.57 bits per heavy atom. The van der Waals surface area contributed by atoms with E-state index in [2.05, 4.69) is 45.0 Å². The maximum absolute atomic E-state index is 13.8. The van der Waals surface area contributed by atoms with Crippen LogP contribution in [-0.4, -0.2) is 48.6 Å². The Morgan fingerprint density at radius 1 is 1.14 bits per heavy atom. The second kappa shape index (κ2) is 10.3. The predicted octanol–water partition coefficient (Wildman–Crippen LogP) is 5.52. The number of hydrogen-bond donors (Lipinski definition) is 0. The highest BCUT2D eigenvalue weighted by Crippen LogP contribution is 2.31. The van der Waals surface area contributed by atoms with E-state index in [0.29, 0.717) is 32.5 Å². The number of rotatable bonds is 7. The van der Waals surface area contributed by atoms with E-state index in [0.717, 1.165) is 34.3 Å². The van der Waals surface area contributed by atoms with Gasteiger partial charge in [0.05, 0.1) is 11.1 Å². The van der Waals surface area contributed by atoms with Crippen molar-refractivity contribution in [2.75, 3.05) is 32.1 Å². The van der Waals surface area contributed by atoms with Crippen LogP contribution >= 0.6 is 0 Å². The summed E-state index contributed by atoms with van der Waals surface area (Å²) in [5, 5.41) is 1.06. The number of aromatic nitrogens is 1. The van der Waals surface area contributed by atoms with Crippen LogP contribution < -0.4 is 4.90 Å². The highest BCUT2D eigenvalue weighted by atomic mass is 19.1. The number of aryl methyl sites for hydroxylation is 1. The van der Waals surface area contributed by atoms with E-state index in [-0.39, 0.29) is 23.2 Å². The van der Waals surface area contributed by atoms with Crippen molar-refractivity contribution in [3.8, 4) is 0 Å². The zero-order valence-electron chi connectivity index (χ0n) is 21.5. The van der Waals surface area contributed by atoms with Gasteiger partial charge in [-0.2, -0.15) is 0 Å². The number of benzene rings is 2. The average Bonchev–Trinajstić information content (AvgIpc) is 2.81. The maximum Gasteiger partial charge on any atom is 0.226 e. The lowest BCUT2D eigenvalue weighted by Crippen LogP contribution is -2.44. The fourth-order valence-electron chi connectivity index (χ4n) is 4.90. The first kappa shape index (κ1) is 25.1. The summed E-state index contributed by atoms with van der Waals surface area (Å²) in [5.41, 5.74) is 3.84. The molecule has 0 saturated carbocycles. The Hall–Kier alpha value is -2.99. The number of carbonyl (C=O) groups excluding carboxylic acids is 1. The van der Waals surface area contributed by atoms with Crippen molar-refractivity contribution in [2.45, 2.75) is 52.2 Å². The molecule has 6 heteroatoms. The summed E-state index contributed by atoms with van der Waals surface area (Å²) in [4.78, 5) is 22.7. The van der Waals surface area contributed by atoms with Crippen LogP contribution in [0.5, 0.6) is 0 Å². The molecule has 2 aromatic carbocycles. The van der Waals surface area contributed by atoms with E-state index in [4.69, 9.17) is 9.72 Å². The molecular formula is C29H36FN3O2. The van der Waals surface area contributed by atoms with Crippen LogP contribution in [0.2, 0.25) is 0 Å². The van der Waals surface area contributed by atoms with Crippen LogP contribution in [0.1, 0.15) is 43.4 Å². The smallest absolute Gasteiger partial charge is 0.226 e. The molecule has 1 saturated heterocycles. The summed E-state index contributed by atoms with van der Waals surface area (Å²) in [5.74, 6) is 0.692. The number of hydrogen-bond acceptors (Lipinski definition) is 4. The van der Waals surface area contributed by atoms with Crippen LogP contribution in [0.25, 0.3) is 10.9 Å². The molecule has 1 aliphatic heterocycles. The van der Waals surface area contributed by atoms with Gasteiger partial charge < -0.3 is 14.5 Å². The Kier molecular flexibility index (Phi) is 7.41. The van der Waals surface area contributed by atoms with Gasteiger partial charge in [0.1, 0.15) is 11.6 Å². The normalized spacial score (nSPS) is 17.4. The second-order valence-electron chi connectivity index (χ2n) is 10.5. The third-order valence-corrected chi connectivity index (χ3v) is 6.76. The molecule has 1 amide bonds. The first-order chi connectivity index (χ1) is 16.6. The van der Waals surface area contributed by atoms with Gasteiger partial charge in [-0.25, -0.2) is 9.37 Å². The van der Waals surface area contributed by atoms with Gasteiger partial charge in [0.2, 0.25) is 5.91 Å². The predicted molar refractivity (Wildman–Crippen MR) is 139 cm³/mol. The topological polar surface area (TPSA) is 45.7 Å². The van der Waals surface area contributed by atoms with Gasteiger partial charge in [0.25, 0.3) is 0 Å². The average molecular weight is 478 g/mol. The molecule has 3 aromatic rings. The van der Waals surface area contributed by atoms with Crippen LogP contribution in [0.3, 0.4) is 0 Å². The third-order valence-electron chi connectivity index (χ3n) is 6.76. The van der Waals surface area contributed by atoms with Crippen molar-refractivity contribution < 1.29 is 13.9 Å². The monoisotopic (exact) mass is 477 g/mol. The summed E-state index contributed by atoms with van der Waals surface area (Å²) < 4.78 is 19.3. The minimum absolute atomic E-state index is 0.0779. The lowest BCUT2D eigenvalue weighted by molar-refractivity contribution is -0.146. The molecule has 0 aliphatic carbocycles. The standard InChI is InChI=1S/C29H36FN3O2/c1-20-6-9-22-17-24(27(32(4)5)31-26(22)16-20)19-33(14-12-21-7-10-25(30)11-8-21)28(34)23-13-15-35-29(2,3)18-23/h6-11,16-17,23H,12-15,18-19H2,1-5H3/t23-/m0/s1. The van der Waals surface area contributed by atoms with Crippen molar-refractivity contribution >= 4 is 22.6 Å². The summed E-state index contributed by atoms with van der Waals surface area (Å²) in [6, 6.07) is 15.0. The van der Waals surface area contributed by atoms with Crippen LogP contribution in [0.4, 0.5) is 10.2 Å². The number of pyridine rings is 1. The zero-order chi connectivity index (χ0) is 25.2. The number of ether oxygens (including phenoxy) is 1. The molecule has 0 N–H and O–H groups in total. The van der Waals surface area contributed by atoms with Gasteiger partial charge in [-0.1, -0.05) is 24.3 Å². The number of anilines is 1. The molecule has 0 spiro atoms. The van der Waals surface area contributed by atoms with Crippen LogP contribution in [0.15, 0.2) is 48.5 Å².